The van der Waals surface area contributed by atoms with Crippen molar-refractivity contribution in [1.29, 1.82) is 0 Å². The summed E-state index contributed by atoms with van der Waals surface area (Å²) in [7, 11) is 2.97. The van der Waals surface area contributed by atoms with E-state index in [0.717, 1.165) is 0 Å². The molecule has 31 heavy (non-hydrogen) atoms. The second-order valence-corrected chi connectivity index (χ2v) is 6.61. The van der Waals surface area contributed by atoms with Crippen LogP contribution in [0.2, 0.25) is 0 Å². The minimum absolute atomic E-state index is 0.102. The maximum absolute atomic E-state index is 13.1. The molecule has 1 aliphatic rings. The van der Waals surface area contributed by atoms with E-state index in [1.165, 1.54) is 68.8 Å². The molecule has 0 amide bonds. The van der Waals surface area contributed by atoms with Crippen molar-refractivity contribution in [3.63, 3.8) is 0 Å². The molecular formula is C24H17FO6. The zero-order chi connectivity index (χ0) is 22.0. The Kier molecular flexibility index (Phi) is 5.41. The number of carbonyl (C=O) groups is 2. The number of rotatable bonds is 5. The first-order valence-electron chi connectivity index (χ1n) is 9.26. The van der Waals surface area contributed by atoms with Gasteiger partial charge in [-0.3, -0.25) is 4.79 Å². The highest BCUT2D eigenvalue weighted by molar-refractivity contribution is 6.14. The van der Waals surface area contributed by atoms with Crippen LogP contribution in [0.25, 0.3) is 6.08 Å². The monoisotopic (exact) mass is 420 g/mol. The van der Waals surface area contributed by atoms with E-state index >= 15 is 0 Å². The smallest absolute Gasteiger partial charge is 0.343 e. The lowest BCUT2D eigenvalue weighted by Gasteiger charge is -2.10. The molecule has 0 bridgehead atoms. The largest absolute Gasteiger partial charge is 0.493 e. The average Bonchev–Trinajstić information content (AvgIpc) is 3.09. The SMILES string of the molecule is COc1ccc(C(=O)Oc2ccc3c(c2)OC(=Cc2ccc(F)cc2)C3=O)cc1OC. The number of ether oxygens (including phenoxy) is 4. The van der Waals surface area contributed by atoms with Crippen LogP contribution in [-0.2, 0) is 0 Å². The molecule has 0 aliphatic carbocycles. The highest BCUT2D eigenvalue weighted by Crippen LogP contribution is 2.35. The molecule has 1 heterocycles. The van der Waals surface area contributed by atoms with Crippen molar-refractivity contribution >= 4 is 17.8 Å². The predicted molar refractivity (Wildman–Crippen MR) is 110 cm³/mol. The number of esters is 1. The summed E-state index contributed by atoms with van der Waals surface area (Å²) in [5, 5.41) is 0. The summed E-state index contributed by atoms with van der Waals surface area (Å²) < 4.78 is 34.5. The number of ketones is 1. The van der Waals surface area contributed by atoms with Crippen LogP contribution >= 0.6 is 0 Å². The summed E-state index contributed by atoms with van der Waals surface area (Å²) in [6.07, 6.45) is 1.52. The highest BCUT2D eigenvalue weighted by atomic mass is 19.1. The quantitative estimate of drug-likeness (QED) is 0.339. The summed E-state index contributed by atoms with van der Waals surface area (Å²) in [6.45, 7) is 0. The Morgan fingerprint density at radius 2 is 1.68 bits per heavy atom. The van der Waals surface area contributed by atoms with Crippen LogP contribution in [0.3, 0.4) is 0 Å². The van der Waals surface area contributed by atoms with Gasteiger partial charge in [-0.1, -0.05) is 12.1 Å². The molecule has 0 radical (unpaired) electrons. The average molecular weight is 420 g/mol. The third kappa shape index (κ3) is 4.11. The van der Waals surface area contributed by atoms with Crippen LogP contribution in [0.5, 0.6) is 23.0 Å². The maximum Gasteiger partial charge on any atom is 0.343 e. The molecule has 0 N–H and O–H groups in total. The summed E-state index contributed by atoms with van der Waals surface area (Å²) in [6, 6.07) is 14.9. The number of halogens is 1. The van der Waals surface area contributed by atoms with Gasteiger partial charge in [-0.05, 0) is 54.1 Å². The third-order valence-electron chi connectivity index (χ3n) is 4.64. The van der Waals surface area contributed by atoms with Crippen LogP contribution in [0.15, 0.2) is 66.4 Å². The predicted octanol–water partition coefficient (Wildman–Crippen LogP) is 4.68. The van der Waals surface area contributed by atoms with Crippen LogP contribution < -0.4 is 18.9 Å². The molecule has 3 aromatic rings. The molecule has 3 aromatic carbocycles. The maximum atomic E-state index is 13.1. The van der Waals surface area contributed by atoms with Crippen molar-refractivity contribution < 1.29 is 32.9 Å². The number of fused-ring (bicyclic) bond motifs is 1. The topological polar surface area (TPSA) is 71.1 Å². The van der Waals surface area contributed by atoms with Gasteiger partial charge in [0.05, 0.1) is 25.3 Å². The number of allylic oxidation sites excluding steroid dienone is 1. The Morgan fingerprint density at radius 3 is 2.39 bits per heavy atom. The first kappa shape index (κ1) is 20.2. The fourth-order valence-electron chi connectivity index (χ4n) is 3.07. The second-order valence-electron chi connectivity index (χ2n) is 6.61. The van der Waals surface area contributed by atoms with Crippen molar-refractivity contribution in [3.05, 3.63) is 88.9 Å². The van der Waals surface area contributed by atoms with Gasteiger partial charge < -0.3 is 18.9 Å². The van der Waals surface area contributed by atoms with Gasteiger partial charge in [-0.15, -0.1) is 0 Å². The van der Waals surface area contributed by atoms with Gasteiger partial charge in [0.15, 0.2) is 17.3 Å². The molecule has 0 fully saturated rings. The van der Waals surface area contributed by atoms with Crippen LogP contribution in [0.1, 0.15) is 26.3 Å². The first-order chi connectivity index (χ1) is 15.0. The summed E-state index contributed by atoms with van der Waals surface area (Å²) >= 11 is 0. The number of benzene rings is 3. The van der Waals surface area contributed by atoms with E-state index in [1.807, 2.05) is 0 Å². The Labute approximate surface area is 177 Å². The third-order valence-corrected chi connectivity index (χ3v) is 4.64. The lowest BCUT2D eigenvalue weighted by atomic mass is 10.1. The van der Waals surface area contributed by atoms with Crippen molar-refractivity contribution in [1.82, 2.24) is 0 Å². The summed E-state index contributed by atoms with van der Waals surface area (Å²) in [5.74, 6) is 0.198. The number of hydrogen-bond acceptors (Lipinski definition) is 6. The molecule has 1 aliphatic heterocycles. The highest BCUT2D eigenvalue weighted by Gasteiger charge is 2.28. The fourth-order valence-corrected chi connectivity index (χ4v) is 3.07. The van der Waals surface area contributed by atoms with E-state index < -0.39 is 5.97 Å². The van der Waals surface area contributed by atoms with Gasteiger partial charge in [0, 0.05) is 6.07 Å². The molecule has 0 unspecified atom stereocenters. The summed E-state index contributed by atoms with van der Waals surface area (Å²) in [4.78, 5) is 25.1. The van der Waals surface area contributed by atoms with E-state index in [2.05, 4.69) is 0 Å². The molecule has 0 saturated carbocycles. The number of methoxy groups -OCH3 is 2. The van der Waals surface area contributed by atoms with Gasteiger partial charge in [0.2, 0.25) is 5.78 Å². The zero-order valence-electron chi connectivity index (χ0n) is 16.7. The Bertz CT molecular complexity index is 1200. The summed E-state index contributed by atoms with van der Waals surface area (Å²) in [5.41, 5.74) is 1.24. The van der Waals surface area contributed by atoms with Gasteiger partial charge in [-0.25, -0.2) is 9.18 Å². The minimum Gasteiger partial charge on any atom is -0.493 e. The number of carbonyl (C=O) groups excluding carboxylic acids is 2. The Morgan fingerprint density at radius 1 is 0.935 bits per heavy atom. The lowest BCUT2D eigenvalue weighted by Crippen LogP contribution is -2.09. The molecule has 0 saturated heterocycles. The number of hydrogen-bond donors (Lipinski definition) is 0. The normalized spacial score (nSPS) is 13.5. The number of Topliss-reactive ketones (excluding diaryl/α,β-unsaturated/α-hetero) is 1. The molecule has 0 spiro atoms. The van der Waals surface area contributed by atoms with E-state index in [1.54, 1.807) is 12.1 Å². The van der Waals surface area contributed by atoms with E-state index in [-0.39, 0.29) is 34.4 Å². The lowest BCUT2D eigenvalue weighted by molar-refractivity contribution is 0.0734. The van der Waals surface area contributed by atoms with E-state index in [0.29, 0.717) is 22.6 Å². The van der Waals surface area contributed by atoms with Crippen LogP contribution in [0, 0.1) is 5.82 Å². The molecule has 156 valence electrons. The first-order valence-corrected chi connectivity index (χ1v) is 9.26. The Hall–Kier alpha value is -4.13. The standard InChI is InChI=1S/C24H17FO6/c1-28-19-10-5-15(12-21(19)29-2)24(27)30-17-8-9-18-20(13-17)31-22(23(18)26)11-14-3-6-16(25)7-4-14/h3-13H,1-2H3. The molecular weight excluding hydrogens is 403 g/mol. The van der Waals surface area contributed by atoms with Gasteiger partial charge >= 0.3 is 5.97 Å². The van der Waals surface area contributed by atoms with E-state index in [9.17, 15) is 14.0 Å². The molecule has 0 atom stereocenters. The molecule has 4 rings (SSSR count). The minimum atomic E-state index is -0.604. The molecule has 0 aromatic heterocycles. The Balaban J connectivity index is 1.53. The van der Waals surface area contributed by atoms with Gasteiger partial charge in [0.1, 0.15) is 17.3 Å². The fraction of sp³-hybridized carbons (Fsp3) is 0.0833. The molecule has 7 heteroatoms. The van der Waals surface area contributed by atoms with Crippen molar-refractivity contribution in [2.24, 2.45) is 0 Å². The van der Waals surface area contributed by atoms with E-state index in [4.69, 9.17) is 18.9 Å². The van der Waals surface area contributed by atoms with Crippen molar-refractivity contribution in [2.75, 3.05) is 14.2 Å². The van der Waals surface area contributed by atoms with Crippen molar-refractivity contribution in [3.8, 4) is 23.0 Å². The second kappa shape index (κ2) is 8.31. The van der Waals surface area contributed by atoms with Gasteiger partial charge in [0.25, 0.3) is 0 Å². The van der Waals surface area contributed by atoms with Crippen LogP contribution in [-0.4, -0.2) is 26.0 Å². The van der Waals surface area contributed by atoms with Gasteiger partial charge in [-0.2, -0.15) is 0 Å². The zero-order valence-corrected chi connectivity index (χ0v) is 16.7. The van der Waals surface area contributed by atoms with Crippen LogP contribution in [0.4, 0.5) is 4.39 Å². The van der Waals surface area contributed by atoms with Crippen molar-refractivity contribution in [2.45, 2.75) is 0 Å². The molecule has 6 nitrogen and oxygen atoms in total.